The molecule has 2 rings (SSSR count). The highest BCUT2D eigenvalue weighted by Crippen LogP contribution is 2.60. The molecule has 3 unspecified atom stereocenters. The maximum atomic E-state index is 2.57. The van der Waals surface area contributed by atoms with Gasteiger partial charge >= 0.3 is 0 Å². The normalized spacial score (nSPS) is 42.4. The van der Waals surface area contributed by atoms with Crippen LogP contribution in [0, 0.1) is 22.7 Å². The van der Waals surface area contributed by atoms with Gasteiger partial charge in [-0.3, -0.25) is 0 Å². The van der Waals surface area contributed by atoms with Crippen LogP contribution in [0.1, 0.15) is 66.7 Å². The zero-order chi connectivity index (χ0) is 12.0. The first-order valence-corrected chi connectivity index (χ1v) is 7.08. The predicted molar refractivity (Wildman–Crippen MR) is 71.4 cm³/mol. The maximum absolute atomic E-state index is 2.57. The average molecular weight is 220 g/mol. The molecular weight excluding hydrogens is 192 g/mol. The van der Waals surface area contributed by atoms with Gasteiger partial charge in [-0.25, -0.2) is 0 Å². The number of fused-ring (bicyclic) bond motifs is 1. The Bertz CT molecular complexity index is 297. The average Bonchev–Trinajstić information content (AvgIpc) is 2.15. The second-order valence-electron chi connectivity index (χ2n) is 7.05. The van der Waals surface area contributed by atoms with Gasteiger partial charge in [-0.1, -0.05) is 45.8 Å². The van der Waals surface area contributed by atoms with Crippen molar-refractivity contribution in [3.05, 3.63) is 11.6 Å². The van der Waals surface area contributed by atoms with Crippen molar-refractivity contribution in [2.75, 3.05) is 0 Å². The van der Waals surface area contributed by atoms with Crippen molar-refractivity contribution in [1.82, 2.24) is 0 Å². The molecule has 0 heterocycles. The second-order valence-corrected chi connectivity index (χ2v) is 7.05. The molecule has 16 heavy (non-hydrogen) atoms. The Balaban J connectivity index is 2.39. The second kappa shape index (κ2) is 3.89. The first kappa shape index (κ1) is 12.2. The van der Waals surface area contributed by atoms with Crippen molar-refractivity contribution in [3.63, 3.8) is 0 Å². The molecule has 0 heteroatoms. The van der Waals surface area contributed by atoms with Gasteiger partial charge in [-0.15, -0.1) is 0 Å². The summed E-state index contributed by atoms with van der Waals surface area (Å²) in [5.74, 6) is 1.74. The van der Waals surface area contributed by atoms with E-state index in [-0.39, 0.29) is 0 Å². The molecule has 1 saturated carbocycles. The van der Waals surface area contributed by atoms with Gasteiger partial charge in [0.05, 0.1) is 0 Å². The highest BCUT2D eigenvalue weighted by Gasteiger charge is 2.50. The molecule has 1 fully saturated rings. The summed E-state index contributed by atoms with van der Waals surface area (Å²) < 4.78 is 0. The number of allylic oxidation sites excluding steroid dienone is 2. The zero-order valence-corrected chi connectivity index (χ0v) is 11.8. The molecule has 0 aromatic heterocycles. The molecule has 0 aromatic rings. The molecule has 0 N–H and O–H groups in total. The lowest BCUT2D eigenvalue weighted by molar-refractivity contribution is -0.0378. The van der Waals surface area contributed by atoms with Crippen LogP contribution in [0.2, 0.25) is 0 Å². The lowest BCUT2D eigenvalue weighted by Gasteiger charge is -2.56. The Morgan fingerprint density at radius 3 is 2.56 bits per heavy atom. The summed E-state index contributed by atoms with van der Waals surface area (Å²) in [7, 11) is 0. The van der Waals surface area contributed by atoms with Crippen LogP contribution in [0.3, 0.4) is 0 Å². The van der Waals surface area contributed by atoms with Crippen LogP contribution < -0.4 is 0 Å². The Labute approximate surface area is 102 Å². The van der Waals surface area contributed by atoms with Gasteiger partial charge in [-0.2, -0.15) is 0 Å². The maximum Gasteiger partial charge on any atom is -0.0152 e. The number of hydrogen-bond donors (Lipinski definition) is 0. The van der Waals surface area contributed by atoms with E-state index in [1.54, 1.807) is 5.57 Å². The van der Waals surface area contributed by atoms with E-state index in [1.165, 1.54) is 32.1 Å². The molecule has 0 spiro atoms. The smallest absolute Gasteiger partial charge is 0.0152 e. The molecule has 0 saturated heterocycles. The highest BCUT2D eigenvalue weighted by molar-refractivity contribution is 5.17. The molecule has 0 bridgehead atoms. The third-order valence-electron chi connectivity index (χ3n) is 5.71. The third-order valence-corrected chi connectivity index (χ3v) is 5.71. The van der Waals surface area contributed by atoms with Gasteiger partial charge in [0, 0.05) is 0 Å². The van der Waals surface area contributed by atoms with Crippen LogP contribution >= 0.6 is 0 Å². The van der Waals surface area contributed by atoms with Crippen LogP contribution in [0.15, 0.2) is 11.6 Å². The molecule has 0 aromatic carbocycles. The fraction of sp³-hybridized carbons (Fsp3) is 0.875. The Hall–Kier alpha value is -0.260. The fourth-order valence-corrected chi connectivity index (χ4v) is 4.93. The standard InChI is InChI=1S/C16H28/c1-6-13-12(2)8-9-14-15(3,4)10-7-11-16(13,14)5/h8,13-14H,6-7,9-11H2,1-5H3. The molecule has 0 aliphatic heterocycles. The van der Waals surface area contributed by atoms with E-state index in [2.05, 4.69) is 40.7 Å². The monoisotopic (exact) mass is 220 g/mol. The topological polar surface area (TPSA) is 0 Å². The summed E-state index contributed by atoms with van der Waals surface area (Å²) in [6.07, 6.45) is 9.50. The summed E-state index contributed by atoms with van der Waals surface area (Å²) in [4.78, 5) is 0. The summed E-state index contributed by atoms with van der Waals surface area (Å²) in [5, 5.41) is 0. The predicted octanol–water partition coefficient (Wildman–Crippen LogP) is 5.20. The Kier molecular flexibility index (Phi) is 2.97. The van der Waals surface area contributed by atoms with E-state index in [1.807, 2.05) is 0 Å². The Morgan fingerprint density at radius 1 is 1.25 bits per heavy atom. The molecule has 3 atom stereocenters. The summed E-state index contributed by atoms with van der Waals surface area (Å²) in [6.45, 7) is 12.3. The largest absolute Gasteiger partial charge is 0.0850 e. The number of hydrogen-bond acceptors (Lipinski definition) is 0. The molecule has 2 aliphatic carbocycles. The van der Waals surface area contributed by atoms with Gasteiger partial charge < -0.3 is 0 Å². The van der Waals surface area contributed by atoms with Crippen molar-refractivity contribution in [1.29, 1.82) is 0 Å². The fourth-order valence-electron chi connectivity index (χ4n) is 4.93. The van der Waals surface area contributed by atoms with Gasteiger partial charge in [0.1, 0.15) is 0 Å². The molecule has 2 aliphatic rings. The van der Waals surface area contributed by atoms with E-state index in [0.717, 1.165) is 11.8 Å². The lowest BCUT2D eigenvalue weighted by atomic mass is 9.48. The van der Waals surface area contributed by atoms with E-state index in [4.69, 9.17) is 0 Å². The van der Waals surface area contributed by atoms with Gasteiger partial charge in [0.15, 0.2) is 0 Å². The minimum Gasteiger partial charge on any atom is -0.0850 e. The molecular formula is C16H28. The molecule has 0 nitrogen and oxygen atoms in total. The molecule has 0 amide bonds. The van der Waals surface area contributed by atoms with Crippen LogP contribution in [0.25, 0.3) is 0 Å². The zero-order valence-electron chi connectivity index (χ0n) is 11.8. The third kappa shape index (κ3) is 1.65. The van der Waals surface area contributed by atoms with Crippen molar-refractivity contribution in [2.45, 2.75) is 66.7 Å². The van der Waals surface area contributed by atoms with Crippen molar-refractivity contribution >= 4 is 0 Å². The summed E-state index contributed by atoms with van der Waals surface area (Å²) in [6, 6.07) is 0. The lowest BCUT2D eigenvalue weighted by Crippen LogP contribution is -2.48. The Morgan fingerprint density at radius 2 is 1.94 bits per heavy atom. The molecule has 92 valence electrons. The van der Waals surface area contributed by atoms with Crippen molar-refractivity contribution in [2.24, 2.45) is 22.7 Å². The van der Waals surface area contributed by atoms with E-state index >= 15 is 0 Å². The van der Waals surface area contributed by atoms with Crippen molar-refractivity contribution in [3.8, 4) is 0 Å². The quantitative estimate of drug-likeness (QED) is 0.533. The summed E-state index contributed by atoms with van der Waals surface area (Å²) in [5.41, 5.74) is 2.80. The minimum atomic E-state index is 0.553. The van der Waals surface area contributed by atoms with Gasteiger partial charge in [-0.05, 0) is 55.3 Å². The molecule has 0 radical (unpaired) electrons. The van der Waals surface area contributed by atoms with Crippen LogP contribution in [-0.4, -0.2) is 0 Å². The minimum absolute atomic E-state index is 0.553. The van der Waals surface area contributed by atoms with E-state index in [0.29, 0.717) is 10.8 Å². The summed E-state index contributed by atoms with van der Waals surface area (Å²) >= 11 is 0. The van der Waals surface area contributed by atoms with Crippen LogP contribution in [-0.2, 0) is 0 Å². The van der Waals surface area contributed by atoms with Gasteiger partial charge in [0.25, 0.3) is 0 Å². The van der Waals surface area contributed by atoms with E-state index in [9.17, 15) is 0 Å². The number of rotatable bonds is 1. The van der Waals surface area contributed by atoms with Crippen LogP contribution in [0.4, 0.5) is 0 Å². The first-order valence-electron chi connectivity index (χ1n) is 7.08. The van der Waals surface area contributed by atoms with Crippen LogP contribution in [0.5, 0.6) is 0 Å². The highest BCUT2D eigenvalue weighted by atomic mass is 14.6. The SMILES string of the molecule is CCC1C(C)=CCC2C(C)(C)CCCC12C. The van der Waals surface area contributed by atoms with E-state index < -0.39 is 0 Å². The van der Waals surface area contributed by atoms with Crippen molar-refractivity contribution < 1.29 is 0 Å². The first-order chi connectivity index (χ1) is 7.42. The van der Waals surface area contributed by atoms with Gasteiger partial charge in [0.2, 0.25) is 0 Å².